The van der Waals surface area contributed by atoms with E-state index in [0.29, 0.717) is 0 Å². The maximum Gasteiger partial charge on any atom is 0.0406 e. The van der Waals surface area contributed by atoms with Gasteiger partial charge in [0.1, 0.15) is 0 Å². The van der Waals surface area contributed by atoms with Gasteiger partial charge in [0.05, 0.1) is 0 Å². The summed E-state index contributed by atoms with van der Waals surface area (Å²) in [5, 5.41) is 2.91. The molecule has 0 saturated carbocycles. The van der Waals surface area contributed by atoms with E-state index in [-0.39, 0.29) is 11.8 Å². The molecule has 0 nitrogen and oxygen atoms in total. The van der Waals surface area contributed by atoms with Crippen LogP contribution < -0.4 is 0 Å². The van der Waals surface area contributed by atoms with Gasteiger partial charge in [0.25, 0.3) is 0 Å². The fourth-order valence-corrected chi connectivity index (χ4v) is 4.45. The second kappa shape index (κ2) is 10.1. The summed E-state index contributed by atoms with van der Waals surface area (Å²) in [4.78, 5) is 0. The van der Waals surface area contributed by atoms with Crippen LogP contribution in [0.25, 0.3) is 0 Å². The van der Waals surface area contributed by atoms with Gasteiger partial charge >= 0.3 is 0 Å². The van der Waals surface area contributed by atoms with Crippen LogP contribution in [0.3, 0.4) is 0 Å². The third kappa shape index (κ3) is 5.64. The van der Waals surface area contributed by atoms with E-state index in [4.69, 9.17) is 46.4 Å². The molecule has 0 heterocycles. The van der Waals surface area contributed by atoms with Crippen molar-refractivity contribution in [3.8, 4) is 0 Å². The molecule has 4 aromatic carbocycles. The first-order valence-corrected chi connectivity index (χ1v) is 11.5. The predicted octanol–water partition coefficient (Wildman–Crippen LogP) is 9.65. The first-order chi connectivity index (χ1) is 15.0. The summed E-state index contributed by atoms with van der Waals surface area (Å²) in [6.07, 6.45) is 0.868. The molecule has 0 saturated heterocycles. The van der Waals surface area contributed by atoms with Crippen LogP contribution in [0.5, 0.6) is 0 Å². The van der Waals surface area contributed by atoms with Crippen LogP contribution in [0.4, 0.5) is 0 Å². The van der Waals surface area contributed by atoms with Crippen molar-refractivity contribution in [3.63, 3.8) is 0 Å². The summed E-state index contributed by atoms with van der Waals surface area (Å²) in [6, 6.07) is 32.3. The van der Waals surface area contributed by atoms with Crippen molar-refractivity contribution in [2.24, 2.45) is 0 Å². The van der Waals surface area contributed by atoms with Gasteiger partial charge in [-0.05, 0) is 77.2 Å². The van der Waals surface area contributed by atoms with E-state index < -0.39 is 0 Å². The molecule has 0 aromatic heterocycles. The van der Waals surface area contributed by atoms with Crippen molar-refractivity contribution in [1.82, 2.24) is 0 Å². The van der Waals surface area contributed by atoms with E-state index >= 15 is 0 Å². The molecule has 0 amide bonds. The molecular formula is C27H20Cl4. The van der Waals surface area contributed by atoms with Gasteiger partial charge < -0.3 is 0 Å². The fourth-order valence-electron chi connectivity index (χ4n) is 3.95. The normalized spacial score (nSPS) is 11.3. The van der Waals surface area contributed by atoms with Crippen LogP contribution in [0.2, 0.25) is 20.1 Å². The molecule has 0 unspecified atom stereocenters. The van der Waals surface area contributed by atoms with E-state index in [0.717, 1.165) is 26.5 Å². The molecule has 0 spiro atoms. The summed E-state index contributed by atoms with van der Waals surface area (Å²) in [5.41, 5.74) is 4.83. The Morgan fingerprint density at radius 3 is 0.742 bits per heavy atom. The zero-order chi connectivity index (χ0) is 21.8. The third-order valence-electron chi connectivity index (χ3n) is 5.56. The maximum atomic E-state index is 6.17. The van der Waals surface area contributed by atoms with Gasteiger partial charge in [-0.1, -0.05) is 94.9 Å². The molecule has 0 radical (unpaired) electrons. The molecule has 4 rings (SSSR count). The van der Waals surface area contributed by atoms with Gasteiger partial charge in [-0.25, -0.2) is 0 Å². The summed E-state index contributed by atoms with van der Waals surface area (Å²) in [6.45, 7) is 0. The molecule has 0 fully saturated rings. The molecule has 4 aromatic rings. The molecule has 0 aliphatic carbocycles. The van der Waals surface area contributed by atoms with E-state index in [1.165, 1.54) is 22.3 Å². The molecule has 0 aliphatic rings. The van der Waals surface area contributed by atoms with Crippen molar-refractivity contribution in [2.45, 2.75) is 18.3 Å². The Balaban J connectivity index is 1.79. The lowest BCUT2D eigenvalue weighted by atomic mass is 9.78. The van der Waals surface area contributed by atoms with E-state index in [9.17, 15) is 0 Å². The van der Waals surface area contributed by atoms with Gasteiger partial charge in [0.15, 0.2) is 0 Å². The highest BCUT2D eigenvalue weighted by Crippen LogP contribution is 2.39. The number of halogens is 4. The van der Waals surface area contributed by atoms with Crippen LogP contribution in [0.15, 0.2) is 97.1 Å². The van der Waals surface area contributed by atoms with Crippen LogP contribution in [-0.2, 0) is 0 Å². The second-order valence-corrected chi connectivity index (χ2v) is 9.29. The quantitative estimate of drug-likeness (QED) is 0.255. The van der Waals surface area contributed by atoms with Crippen LogP contribution in [0, 0.1) is 0 Å². The third-order valence-corrected chi connectivity index (χ3v) is 6.57. The van der Waals surface area contributed by atoms with E-state index in [1.54, 1.807) is 0 Å². The number of hydrogen-bond donors (Lipinski definition) is 0. The minimum Gasteiger partial charge on any atom is -0.0843 e. The van der Waals surface area contributed by atoms with Crippen LogP contribution in [0.1, 0.15) is 40.5 Å². The minimum atomic E-state index is 0.158. The maximum absolute atomic E-state index is 6.17. The highest BCUT2D eigenvalue weighted by atomic mass is 35.5. The Labute approximate surface area is 203 Å². The summed E-state index contributed by atoms with van der Waals surface area (Å²) in [7, 11) is 0. The van der Waals surface area contributed by atoms with Gasteiger partial charge in [-0.15, -0.1) is 0 Å². The highest BCUT2D eigenvalue weighted by molar-refractivity contribution is 6.31. The van der Waals surface area contributed by atoms with E-state index in [1.807, 2.05) is 48.5 Å². The van der Waals surface area contributed by atoms with Crippen molar-refractivity contribution >= 4 is 46.4 Å². The first-order valence-electron chi connectivity index (χ1n) is 10.0. The average Bonchev–Trinajstić information content (AvgIpc) is 2.78. The average molecular weight is 486 g/mol. The largest absolute Gasteiger partial charge is 0.0843 e. The van der Waals surface area contributed by atoms with Crippen molar-refractivity contribution < 1.29 is 0 Å². The van der Waals surface area contributed by atoms with Gasteiger partial charge in [-0.2, -0.15) is 0 Å². The Kier molecular flexibility index (Phi) is 7.25. The first kappa shape index (κ1) is 22.2. The lowest BCUT2D eigenvalue weighted by molar-refractivity contribution is 0.644. The Morgan fingerprint density at radius 1 is 0.355 bits per heavy atom. The molecule has 0 aliphatic heterocycles. The van der Waals surface area contributed by atoms with E-state index in [2.05, 4.69) is 48.5 Å². The minimum absolute atomic E-state index is 0.158. The summed E-state index contributed by atoms with van der Waals surface area (Å²) >= 11 is 24.7. The predicted molar refractivity (Wildman–Crippen MR) is 134 cm³/mol. The molecule has 0 bridgehead atoms. The van der Waals surface area contributed by atoms with Crippen LogP contribution in [-0.4, -0.2) is 0 Å². The van der Waals surface area contributed by atoms with Gasteiger partial charge in [-0.3, -0.25) is 0 Å². The van der Waals surface area contributed by atoms with Gasteiger partial charge in [0.2, 0.25) is 0 Å². The molecule has 0 N–H and O–H groups in total. The number of rotatable bonds is 6. The second-order valence-electron chi connectivity index (χ2n) is 7.55. The molecular weight excluding hydrogens is 466 g/mol. The Hall–Kier alpha value is -1.96. The number of benzene rings is 4. The standard InChI is InChI=1S/C27H20Cl4/c28-22-9-1-18(2-10-22)26(19-3-11-23(29)12-4-19)17-27(20-5-13-24(30)14-6-20)21-7-15-25(31)16-8-21/h1-16,26-27H,17H2. The zero-order valence-corrected chi connectivity index (χ0v) is 19.6. The smallest absolute Gasteiger partial charge is 0.0406 e. The van der Waals surface area contributed by atoms with Crippen LogP contribution >= 0.6 is 46.4 Å². The highest BCUT2D eigenvalue weighted by Gasteiger charge is 2.23. The molecule has 4 heteroatoms. The molecule has 0 atom stereocenters. The molecule has 31 heavy (non-hydrogen) atoms. The lowest BCUT2D eigenvalue weighted by Crippen LogP contribution is -2.10. The SMILES string of the molecule is Clc1ccc(C(CC(c2ccc(Cl)cc2)c2ccc(Cl)cc2)c2ccc(Cl)cc2)cc1. The fraction of sp³-hybridized carbons (Fsp3) is 0.111. The summed E-state index contributed by atoms with van der Waals surface area (Å²) < 4.78 is 0. The lowest BCUT2D eigenvalue weighted by Gasteiger charge is -2.26. The Bertz CT molecular complexity index is 932. The zero-order valence-electron chi connectivity index (χ0n) is 16.6. The monoisotopic (exact) mass is 484 g/mol. The number of hydrogen-bond acceptors (Lipinski definition) is 0. The topological polar surface area (TPSA) is 0 Å². The van der Waals surface area contributed by atoms with Gasteiger partial charge in [0, 0.05) is 31.9 Å². The van der Waals surface area contributed by atoms with Crippen molar-refractivity contribution in [1.29, 1.82) is 0 Å². The van der Waals surface area contributed by atoms with Crippen molar-refractivity contribution in [3.05, 3.63) is 139 Å². The van der Waals surface area contributed by atoms with Crippen molar-refractivity contribution in [2.75, 3.05) is 0 Å². The Morgan fingerprint density at radius 2 is 0.548 bits per heavy atom. The summed E-state index contributed by atoms with van der Waals surface area (Å²) in [5.74, 6) is 0.316. The molecule has 156 valence electrons.